The van der Waals surface area contributed by atoms with Gasteiger partial charge in [-0.05, 0) is 61.1 Å². The van der Waals surface area contributed by atoms with Crippen molar-refractivity contribution in [3.63, 3.8) is 0 Å². The lowest BCUT2D eigenvalue weighted by Gasteiger charge is -2.22. The number of amides is 1. The van der Waals surface area contributed by atoms with Gasteiger partial charge in [0.2, 0.25) is 0 Å². The Labute approximate surface area is 161 Å². The molecule has 0 bridgehead atoms. The Bertz CT molecular complexity index is 742. The zero-order valence-corrected chi connectivity index (χ0v) is 15.1. The fourth-order valence-corrected chi connectivity index (χ4v) is 3.35. The third-order valence-corrected chi connectivity index (χ3v) is 5.13. The van der Waals surface area contributed by atoms with Crippen LogP contribution in [0.5, 0.6) is 11.5 Å². The van der Waals surface area contributed by atoms with E-state index >= 15 is 0 Å². The lowest BCUT2D eigenvalue weighted by atomic mass is 9.94. The van der Waals surface area contributed by atoms with Gasteiger partial charge in [-0.1, -0.05) is 38.6 Å². The molecular formula is C22H29NO4. The molecule has 2 N–H and O–H groups in total. The quantitative estimate of drug-likeness (QED) is 0.732. The van der Waals surface area contributed by atoms with Crippen LogP contribution in [0.1, 0.15) is 57.2 Å². The zero-order valence-electron chi connectivity index (χ0n) is 15.1. The van der Waals surface area contributed by atoms with Crippen molar-refractivity contribution in [3.05, 3.63) is 59.7 Å². The highest BCUT2D eigenvalue weighted by Crippen LogP contribution is 2.30. The van der Waals surface area contributed by atoms with Crippen molar-refractivity contribution in [2.24, 2.45) is 0 Å². The largest absolute Gasteiger partial charge is 0.508 e. The van der Waals surface area contributed by atoms with Crippen molar-refractivity contribution in [1.82, 2.24) is 4.90 Å². The third kappa shape index (κ3) is 4.94. The Morgan fingerprint density at radius 3 is 2.07 bits per heavy atom. The molecular weight excluding hydrogens is 342 g/mol. The molecule has 27 heavy (non-hydrogen) atoms. The molecule has 5 nitrogen and oxygen atoms in total. The maximum atomic E-state index is 12.2. The van der Waals surface area contributed by atoms with Crippen LogP contribution >= 0.6 is 0 Å². The van der Waals surface area contributed by atoms with Gasteiger partial charge in [-0.15, -0.1) is 0 Å². The topological polar surface area (TPSA) is 70.0 Å². The second kappa shape index (κ2) is 8.80. The average Bonchev–Trinajstić information content (AvgIpc) is 3.01. The van der Waals surface area contributed by atoms with Crippen LogP contribution in [0.3, 0.4) is 0 Å². The first-order valence-corrected chi connectivity index (χ1v) is 8.99. The van der Waals surface area contributed by atoms with E-state index in [0.717, 1.165) is 18.4 Å². The third-order valence-electron chi connectivity index (χ3n) is 5.13. The summed E-state index contributed by atoms with van der Waals surface area (Å²) in [5.74, 6) is 0.813. The first-order chi connectivity index (χ1) is 12.4. The van der Waals surface area contributed by atoms with E-state index in [4.69, 9.17) is 4.74 Å². The predicted molar refractivity (Wildman–Crippen MR) is 106 cm³/mol. The van der Waals surface area contributed by atoms with E-state index in [0.29, 0.717) is 12.5 Å². The summed E-state index contributed by atoms with van der Waals surface area (Å²) in [6.45, 7) is 4.68. The van der Waals surface area contributed by atoms with Gasteiger partial charge in [-0.3, -0.25) is 4.90 Å². The number of nitrogens with zero attached hydrogens (tertiary/aromatic N) is 1. The lowest BCUT2D eigenvalue weighted by molar-refractivity contribution is 0.124. The summed E-state index contributed by atoms with van der Waals surface area (Å²) in [5, 5.41) is 18.8. The van der Waals surface area contributed by atoms with Crippen molar-refractivity contribution in [2.45, 2.75) is 52.2 Å². The van der Waals surface area contributed by atoms with Crippen LogP contribution in [-0.4, -0.2) is 33.9 Å². The lowest BCUT2D eigenvalue weighted by Crippen LogP contribution is -2.28. The normalized spacial score (nSPS) is 18.5. The minimum Gasteiger partial charge on any atom is -0.508 e. The van der Waals surface area contributed by atoms with Crippen molar-refractivity contribution in [2.75, 3.05) is 6.54 Å². The number of benzene rings is 2. The molecule has 1 heterocycles. The van der Waals surface area contributed by atoms with Crippen molar-refractivity contribution in [3.8, 4) is 11.5 Å². The Kier molecular flexibility index (Phi) is 6.72. The molecule has 2 aromatic carbocycles. The standard InChI is InChI=1S/C21H25NO4.CH4/c1-14(16-4-8-18(23)9-5-16)3-12-20-13-22(21(25)26-20)15(2)17-6-10-19(24)11-7-17;/h4-11,14-15,20,23-24H,3,12-13H2,1-2H3;1H4/t14-,15+,20-;/m1./s1. The monoisotopic (exact) mass is 371 g/mol. The molecule has 1 aliphatic rings. The molecule has 0 unspecified atom stereocenters. The molecule has 0 spiro atoms. The number of hydrogen-bond acceptors (Lipinski definition) is 4. The maximum absolute atomic E-state index is 12.2. The van der Waals surface area contributed by atoms with E-state index < -0.39 is 0 Å². The SMILES string of the molecule is C.C[C@H](CC[C@@H]1CN([C@@H](C)c2ccc(O)cc2)C(=O)O1)c1ccc(O)cc1. The molecule has 1 amide bonds. The van der Waals surface area contributed by atoms with Gasteiger partial charge >= 0.3 is 6.09 Å². The Morgan fingerprint density at radius 1 is 1.00 bits per heavy atom. The summed E-state index contributed by atoms with van der Waals surface area (Å²) < 4.78 is 5.54. The van der Waals surface area contributed by atoms with Gasteiger partial charge in [0.1, 0.15) is 17.6 Å². The number of aromatic hydroxyl groups is 2. The van der Waals surface area contributed by atoms with Crippen LogP contribution in [0, 0.1) is 0 Å². The number of ether oxygens (including phenoxy) is 1. The molecule has 3 rings (SSSR count). The van der Waals surface area contributed by atoms with Gasteiger partial charge in [-0.25, -0.2) is 4.79 Å². The number of carbonyl (C=O) groups is 1. The van der Waals surface area contributed by atoms with Crippen LogP contribution in [0.2, 0.25) is 0 Å². The number of phenolic OH excluding ortho intramolecular Hbond substituents is 2. The number of phenols is 2. The van der Waals surface area contributed by atoms with Crippen molar-refractivity contribution >= 4 is 6.09 Å². The molecule has 5 heteroatoms. The number of carbonyl (C=O) groups excluding carboxylic acids is 1. The number of rotatable bonds is 6. The summed E-state index contributed by atoms with van der Waals surface area (Å²) in [5.41, 5.74) is 2.14. The highest BCUT2D eigenvalue weighted by Gasteiger charge is 2.34. The van der Waals surface area contributed by atoms with Gasteiger partial charge in [0.25, 0.3) is 0 Å². The maximum Gasteiger partial charge on any atom is 0.410 e. The second-order valence-electron chi connectivity index (χ2n) is 7.00. The first-order valence-electron chi connectivity index (χ1n) is 8.99. The van der Waals surface area contributed by atoms with Gasteiger partial charge in [0.05, 0.1) is 12.6 Å². The molecule has 1 aliphatic heterocycles. The molecule has 2 aromatic rings. The van der Waals surface area contributed by atoms with Gasteiger partial charge in [-0.2, -0.15) is 0 Å². The van der Waals surface area contributed by atoms with Crippen LogP contribution in [0.15, 0.2) is 48.5 Å². The first kappa shape index (κ1) is 20.6. The van der Waals surface area contributed by atoms with Gasteiger partial charge in [0, 0.05) is 0 Å². The van der Waals surface area contributed by atoms with Crippen LogP contribution in [0.4, 0.5) is 4.79 Å². The Morgan fingerprint density at radius 2 is 1.52 bits per heavy atom. The summed E-state index contributed by atoms with van der Waals surface area (Å²) in [6.07, 6.45) is 1.31. The summed E-state index contributed by atoms with van der Waals surface area (Å²) in [4.78, 5) is 14.0. The Balaban J connectivity index is 0.00000261. The second-order valence-corrected chi connectivity index (χ2v) is 7.00. The Hall–Kier alpha value is -2.69. The molecule has 3 atom stereocenters. The molecule has 0 saturated carbocycles. The summed E-state index contributed by atoms with van der Waals surface area (Å²) in [6, 6.07) is 14.1. The predicted octanol–water partition coefficient (Wildman–Crippen LogP) is 5.20. The molecule has 1 saturated heterocycles. The number of cyclic esters (lactones) is 1. The fraction of sp³-hybridized carbons (Fsp3) is 0.409. The van der Waals surface area contributed by atoms with Gasteiger partial charge in [0.15, 0.2) is 0 Å². The van der Waals surface area contributed by atoms with Crippen LogP contribution in [-0.2, 0) is 4.74 Å². The average molecular weight is 371 g/mol. The van der Waals surface area contributed by atoms with E-state index in [-0.39, 0.29) is 37.2 Å². The van der Waals surface area contributed by atoms with E-state index in [1.807, 2.05) is 31.2 Å². The molecule has 146 valence electrons. The molecule has 0 aromatic heterocycles. The van der Waals surface area contributed by atoms with Crippen LogP contribution in [0.25, 0.3) is 0 Å². The highest BCUT2D eigenvalue weighted by atomic mass is 16.6. The molecule has 0 radical (unpaired) electrons. The molecule has 1 fully saturated rings. The van der Waals surface area contributed by atoms with E-state index in [9.17, 15) is 15.0 Å². The van der Waals surface area contributed by atoms with E-state index in [1.165, 1.54) is 5.56 Å². The zero-order chi connectivity index (χ0) is 18.7. The van der Waals surface area contributed by atoms with Crippen molar-refractivity contribution in [1.29, 1.82) is 0 Å². The van der Waals surface area contributed by atoms with E-state index in [2.05, 4.69) is 6.92 Å². The van der Waals surface area contributed by atoms with Crippen LogP contribution < -0.4 is 0 Å². The smallest absolute Gasteiger partial charge is 0.410 e. The minimum absolute atomic E-state index is 0. The minimum atomic E-state index is -0.284. The molecule has 0 aliphatic carbocycles. The van der Waals surface area contributed by atoms with E-state index in [1.54, 1.807) is 29.2 Å². The van der Waals surface area contributed by atoms with Gasteiger partial charge < -0.3 is 14.9 Å². The highest BCUT2D eigenvalue weighted by molar-refractivity contribution is 5.70. The fourth-order valence-electron chi connectivity index (χ4n) is 3.35. The van der Waals surface area contributed by atoms with Crippen molar-refractivity contribution < 1.29 is 19.7 Å². The summed E-state index contributed by atoms with van der Waals surface area (Å²) in [7, 11) is 0. The summed E-state index contributed by atoms with van der Waals surface area (Å²) >= 11 is 0. The number of hydrogen-bond donors (Lipinski definition) is 2.